The van der Waals surface area contributed by atoms with Crippen LogP contribution in [-0.4, -0.2) is 37.1 Å². The molecule has 0 amide bonds. The zero-order valence-corrected chi connectivity index (χ0v) is 12.6. The Morgan fingerprint density at radius 1 is 0.947 bits per heavy atom. The molecule has 3 atom stereocenters. The molecule has 110 valence electrons. The van der Waals surface area contributed by atoms with Crippen LogP contribution in [0.25, 0.3) is 0 Å². The molecule has 2 heteroatoms. The van der Waals surface area contributed by atoms with Crippen LogP contribution in [0.1, 0.15) is 64.2 Å². The Morgan fingerprint density at radius 3 is 2.74 bits per heavy atom. The Labute approximate surface area is 119 Å². The molecule has 0 spiro atoms. The van der Waals surface area contributed by atoms with Crippen LogP contribution in [0, 0.1) is 11.8 Å². The lowest BCUT2D eigenvalue weighted by Gasteiger charge is -2.44. The Kier molecular flexibility index (Phi) is 5.17. The van der Waals surface area contributed by atoms with Gasteiger partial charge in [0.25, 0.3) is 0 Å². The van der Waals surface area contributed by atoms with E-state index in [1.54, 1.807) is 0 Å². The SMILES string of the molecule is C1CNCC(CCCN2CCC[C@H]3CCCC[C@H]32)C1. The van der Waals surface area contributed by atoms with E-state index in [9.17, 15) is 0 Å². The van der Waals surface area contributed by atoms with Crippen LogP contribution in [0.4, 0.5) is 0 Å². The third kappa shape index (κ3) is 3.72. The normalized spacial score (nSPS) is 36.9. The molecule has 1 unspecified atom stereocenters. The third-order valence-corrected chi connectivity index (χ3v) is 5.81. The Hall–Kier alpha value is -0.0800. The van der Waals surface area contributed by atoms with Gasteiger partial charge in [-0.1, -0.05) is 12.8 Å². The fourth-order valence-electron chi connectivity index (χ4n) is 4.76. The summed E-state index contributed by atoms with van der Waals surface area (Å²) in [4.78, 5) is 2.86. The molecule has 3 fully saturated rings. The molecule has 2 heterocycles. The van der Waals surface area contributed by atoms with Crippen molar-refractivity contribution >= 4 is 0 Å². The van der Waals surface area contributed by atoms with Gasteiger partial charge in [0, 0.05) is 6.04 Å². The third-order valence-electron chi connectivity index (χ3n) is 5.81. The van der Waals surface area contributed by atoms with Crippen molar-refractivity contribution in [3.63, 3.8) is 0 Å². The molecule has 2 saturated heterocycles. The van der Waals surface area contributed by atoms with Gasteiger partial charge in [-0.15, -0.1) is 0 Å². The lowest BCUT2D eigenvalue weighted by atomic mass is 9.78. The van der Waals surface area contributed by atoms with E-state index in [0.717, 1.165) is 17.9 Å². The van der Waals surface area contributed by atoms with Gasteiger partial charge in [0.05, 0.1) is 0 Å². The highest BCUT2D eigenvalue weighted by Gasteiger charge is 2.32. The first-order chi connectivity index (χ1) is 9.43. The predicted molar refractivity (Wildman–Crippen MR) is 81.4 cm³/mol. The van der Waals surface area contributed by atoms with Gasteiger partial charge in [-0.05, 0) is 89.4 Å². The maximum absolute atomic E-state index is 3.55. The largest absolute Gasteiger partial charge is 0.316 e. The molecular weight excluding hydrogens is 232 g/mol. The van der Waals surface area contributed by atoms with Crippen molar-refractivity contribution in [3.8, 4) is 0 Å². The van der Waals surface area contributed by atoms with Gasteiger partial charge in [-0.2, -0.15) is 0 Å². The second kappa shape index (κ2) is 7.08. The number of nitrogens with zero attached hydrogens (tertiary/aromatic N) is 1. The summed E-state index contributed by atoms with van der Waals surface area (Å²) in [6.07, 6.45) is 14.8. The smallest absolute Gasteiger partial charge is 0.0123 e. The minimum Gasteiger partial charge on any atom is -0.316 e. The maximum Gasteiger partial charge on any atom is 0.0123 e. The topological polar surface area (TPSA) is 15.3 Å². The standard InChI is InChI=1S/C17H32N2/c1-2-10-17-16(8-1)9-5-13-19(17)12-4-7-15-6-3-11-18-14-15/h15-18H,1-14H2/t15?,16-,17-/m1/s1. The van der Waals surface area contributed by atoms with Gasteiger partial charge < -0.3 is 10.2 Å². The minimum absolute atomic E-state index is 0.965. The van der Waals surface area contributed by atoms with Crippen LogP contribution in [-0.2, 0) is 0 Å². The summed E-state index contributed by atoms with van der Waals surface area (Å²) in [5.41, 5.74) is 0. The predicted octanol–water partition coefficient (Wildman–Crippen LogP) is 3.42. The summed E-state index contributed by atoms with van der Waals surface area (Å²) in [7, 11) is 0. The van der Waals surface area contributed by atoms with Crippen molar-refractivity contribution in [2.75, 3.05) is 26.2 Å². The molecule has 0 radical (unpaired) electrons. The van der Waals surface area contributed by atoms with Gasteiger partial charge in [-0.3, -0.25) is 0 Å². The summed E-state index contributed by atoms with van der Waals surface area (Å²) in [6.45, 7) is 5.32. The van der Waals surface area contributed by atoms with Crippen molar-refractivity contribution in [3.05, 3.63) is 0 Å². The average Bonchev–Trinajstić information content (AvgIpc) is 2.49. The molecule has 1 saturated carbocycles. The van der Waals surface area contributed by atoms with Crippen LogP contribution < -0.4 is 5.32 Å². The lowest BCUT2D eigenvalue weighted by Crippen LogP contribution is -2.47. The van der Waals surface area contributed by atoms with Crippen LogP contribution >= 0.6 is 0 Å². The highest BCUT2D eigenvalue weighted by atomic mass is 15.2. The number of hydrogen-bond acceptors (Lipinski definition) is 2. The van der Waals surface area contributed by atoms with Crippen molar-refractivity contribution in [2.45, 2.75) is 70.3 Å². The Morgan fingerprint density at radius 2 is 1.84 bits per heavy atom. The summed E-state index contributed by atoms with van der Waals surface area (Å²) < 4.78 is 0. The molecule has 0 bridgehead atoms. The molecule has 1 aliphatic carbocycles. The molecule has 0 aromatic carbocycles. The van der Waals surface area contributed by atoms with Crippen molar-refractivity contribution in [1.82, 2.24) is 10.2 Å². The minimum atomic E-state index is 0.965. The molecule has 0 aromatic rings. The van der Waals surface area contributed by atoms with Crippen molar-refractivity contribution < 1.29 is 0 Å². The first-order valence-electron chi connectivity index (χ1n) is 8.88. The first kappa shape index (κ1) is 13.9. The fourth-order valence-corrected chi connectivity index (χ4v) is 4.76. The number of piperidine rings is 2. The quantitative estimate of drug-likeness (QED) is 0.837. The van der Waals surface area contributed by atoms with Gasteiger partial charge in [0.1, 0.15) is 0 Å². The zero-order valence-electron chi connectivity index (χ0n) is 12.6. The molecule has 3 rings (SSSR count). The molecule has 3 aliphatic rings. The lowest BCUT2D eigenvalue weighted by molar-refractivity contribution is 0.0583. The van der Waals surface area contributed by atoms with E-state index in [0.29, 0.717) is 0 Å². The van der Waals surface area contributed by atoms with E-state index in [2.05, 4.69) is 10.2 Å². The van der Waals surface area contributed by atoms with E-state index >= 15 is 0 Å². The van der Waals surface area contributed by atoms with Crippen LogP contribution in [0.3, 0.4) is 0 Å². The highest BCUT2D eigenvalue weighted by molar-refractivity contribution is 4.87. The molecule has 2 aliphatic heterocycles. The number of hydrogen-bond donors (Lipinski definition) is 1. The van der Waals surface area contributed by atoms with Gasteiger partial charge in [0.15, 0.2) is 0 Å². The molecule has 19 heavy (non-hydrogen) atoms. The van der Waals surface area contributed by atoms with E-state index in [-0.39, 0.29) is 0 Å². The van der Waals surface area contributed by atoms with Crippen LogP contribution in [0.5, 0.6) is 0 Å². The van der Waals surface area contributed by atoms with Gasteiger partial charge >= 0.3 is 0 Å². The summed E-state index contributed by atoms with van der Waals surface area (Å²) >= 11 is 0. The van der Waals surface area contributed by atoms with E-state index in [4.69, 9.17) is 0 Å². The molecule has 2 nitrogen and oxygen atoms in total. The fraction of sp³-hybridized carbons (Fsp3) is 1.00. The zero-order chi connectivity index (χ0) is 12.9. The number of rotatable bonds is 4. The Bertz CT molecular complexity index is 258. The van der Waals surface area contributed by atoms with Gasteiger partial charge in [-0.25, -0.2) is 0 Å². The first-order valence-corrected chi connectivity index (χ1v) is 8.88. The van der Waals surface area contributed by atoms with Crippen molar-refractivity contribution in [1.29, 1.82) is 0 Å². The second-order valence-electron chi connectivity index (χ2n) is 7.14. The second-order valence-corrected chi connectivity index (χ2v) is 7.14. The molecular formula is C17H32N2. The Balaban J connectivity index is 1.40. The van der Waals surface area contributed by atoms with Crippen LogP contribution in [0.2, 0.25) is 0 Å². The summed E-state index contributed by atoms with van der Waals surface area (Å²) in [6, 6.07) is 0.965. The van der Waals surface area contributed by atoms with E-state index < -0.39 is 0 Å². The monoisotopic (exact) mass is 264 g/mol. The van der Waals surface area contributed by atoms with E-state index in [1.807, 2.05) is 0 Å². The summed E-state index contributed by atoms with van der Waals surface area (Å²) in [5.74, 6) is 2.03. The number of likely N-dealkylation sites (tertiary alicyclic amines) is 1. The molecule has 0 aromatic heterocycles. The van der Waals surface area contributed by atoms with Crippen LogP contribution in [0.15, 0.2) is 0 Å². The van der Waals surface area contributed by atoms with E-state index in [1.165, 1.54) is 90.4 Å². The number of nitrogens with one attached hydrogen (secondary N) is 1. The molecule has 1 N–H and O–H groups in total. The van der Waals surface area contributed by atoms with Gasteiger partial charge in [0.2, 0.25) is 0 Å². The number of fused-ring (bicyclic) bond motifs is 1. The van der Waals surface area contributed by atoms with Crippen molar-refractivity contribution in [2.24, 2.45) is 11.8 Å². The summed E-state index contributed by atoms with van der Waals surface area (Å²) in [5, 5.41) is 3.55. The highest BCUT2D eigenvalue weighted by Crippen LogP contribution is 2.35. The average molecular weight is 264 g/mol. The maximum atomic E-state index is 3.55.